The van der Waals surface area contributed by atoms with E-state index in [0.717, 1.165) is 28.4 Å². The quantitative estimate of drug-likeness (QED) is 0.133. The van der Waals surface area contributed by atoms with Crippen molar-refractivity contribution in [3.8, 4) is 11.1 Å². The van der Waals surface area contributed by atoms with Crippen molar-refractivity contribution in [2.75, 3.05) is 19.6 Å². The van der Waals surface area contributed by atoms with E-state index in [4.69, 9.17) is 0 Å². The van der Waals surface area contributed by atoms with Crippen LogP contribution in [0.15, 0.2) is 268 Å². The van der Waals surface area contributed by atoms with Crippen LogP contribution in [-0.4, -0.2) is 13.4 Å². The minimum atomic E-state index is -0.0666. The average molecular weight is 1200 g/mol. The molecule has 12 aromatic rings. The molecule has 434 valence electrons. The van der Waals surface area contributed by atoms with Crippen LogP contribution in [0, 0.1) is 41.5 Å². The Morgan fingerprint density at radius 2 is 0.789 bits per heavy atom. The van der Waals surface area contributed by atoms with Crippen LogP contribution in [0.4, 0.5) is 68.2 Å². The zero-order valence-electron chi connectivity index (χ0n) is 52.4. The van der Waals surface area contributed by atoms with Crippen molar-refractivity contribution in [2.24, 2.45) is 0 Å². The SMILES string of the molecule is Cc1cccc(C)c1N(c1ccccc1)c1cc2c3c(c1)N(c1ccccc1-c1ccc(C(C)(C)C)cc1)c1cc4c(cc1B3c1ccccc1S2)B1c2ccccc2N(c2c(C)cccc2C)c2cc(N(c3ccccc3)c3c(C)cccc3C)cc(c21)S4. The number of hydrogen-bond acceptors (Lipinski definition) is 6. The lowest BCUT2D eigenvalue weighted by molar-refractivity contribution is 0.590. The third-order valence-corrected chi connectivity index (χ3v) is 21.5. The monoisotopic (exact) mass is 1190 g/mol. The van der Waals surface area contributed by atoms with E-state index in [0.29, 0.717) is 0 Å². The van der Waals surface area contributed by atoms with Gasteiger partial charge in [0.15, 0.2) is 0 Å². The van der Waals surface area contributed by atoms with Gasteiger partial charge in [-0.15, -0.1) is 0 Å². The Kier molecular flexibility index (Phi) is 13.5. The molecule has 16 rings (SSSR count). The van der Waals surface area contributed by atoms with Crippen molar-refractivity contribution in [1.82, 2.24) is 0 Å². The molecule has 0 spiro atoms. The number of nitrogens with zero attached hydrogens (tertiary/aromatic N) is 4. The fourth-order valence-corrected chi connectivity index (χ4v) is 17.5. The number of aryl methyl sites for hydroxylation is 6. The van der Waals surface area contributed by atoms with E-state index < -0.39 is 0 Å². The minimum Gasteiger partial charge on any atom is -0.311 e. The van der Waals surface area contributed by atoms with Crippen LogP contribution < -0.4 is 52.4 Å². The van der Waals surface area contributed by atoms with E-state index in [1.165, 1.54) is 142 Å². The van der Waals surface area contributed by atoms with Gasteiger partial charge in [0.2, 0.25) is 13.4 Å². The standard InChI is InChI=1S/C82H68B2N4S2/c1-51-25-22-26-52(2)79(51)85(59-31-12-10-13-32-59)61-45-71-77-75(47-61)89-73-40-21-18-37-65(73)84(77)66-49-67-74(50-70(66)87(71)68-38-19-16-35-63(68)57-41-43-58(44-42-57)82(7,8)9)90-76-48-62(86(60-33-14-11-15-34-60)80-53(3)27-23-28-54(80)4)46-72-78(76)83(67)64-36-17-20-39-69(64)88(72)81-55(5)29-24-30-56(81)6/h10-50H,1-9H3. The second kappa shape index (κ2) is 21.7. The van der Waals surface area contributed by atoms with Crippen LogP contribution in [0.3, 0.4) is 0 Å². The molecule has 0 atom stereocenters. The van der Waals surface area contributed by atoms with Crippen molar-refractivity contribution >= 4 is 138 Å². The summed E-state index contributed by atoms with van der Waals surface area (Å²) < 4.78 is 0. The predicted molar refractivity (Wildman–Crippen MR) is 388 cm³/mol. The molecule has 0 saturated heterocycles. The molecule has 8 heteroatoms. The molecule has 0 N–H and O–H groups in total. The van der Waals surface area contributed by atoms with Crippen LogP contribution in [0.25, 0.3) is 11.1 Å². The number of rotatable bonds is 9. The maximum absolute atomic E-state index is 2.67. The third-order valence-electron chi connectivity index (χ3n) is 19.2. The minimum absolute atomic E-state index is 0.0131. The summed E-state index contributed by atoms with van der Waals surface area (Å²) in [7, 11) is 0. The van der Waals surface area contributed by atoms with Gasteiger partial charge in [0.05, 0.1) is 22.7 Å². The molecule has 0 aliphatic carbocycles. The number of benzene rings is 12. The van der Waals surface area contributed by atoms with E-state index >= 15 is 0 Å². The highest BCUT2D eigenvalue weighted by molar-refractivity contribution is 8.00. The summed E-state index contributed by atoms with van der Waals surface area (Å²) in [6, 6.07) is 94.5. The molecule has 0 amide bonds. The zero-order valence-corrected chi connectivity index (χ0v) is 54.1. The normalized spacial score (nSPS) is 13.2. The third kappa shape index (κ3) is 9.00. The van der Waals surface area contributed by atoms with Crippen molar-refractivity contribution < 1.29 is 0 Å². The fourth-order valence-electron chi connectivity index (χ4n) is 15.1. The van der Waals surface area contributed by atoms with Gasteiger partial charge in [0.1, 0.15) is 0 Å². The van der Waals surface area contributed by atoms with Gasteiger partial charge in [-0.3, -0.25) is 0 Å². The zero-order chi connectivity index (χ0) is 61.3. The molecule has 4 nitrogen and oxygen atoms in total. The Balaban J connectivity index is 0.997. The van der Waals surface area contributed by atoms with Crippen molar-refractivity contribution in [3.05, 3.63) is 288 Å². The molecule has 90 heavy (non-hydrogen) atoms. The Morgan fingerprint density at radius 3 is 1.36 bits per heavy atom. The predicted octanol–water partition coefficient (Wildman–Crippen LogP) is 19.0. The maximum Gasteiger partial charge on any atom is 0.249 e. The van der Waals surface area contributed by atoms with Gasteiger partial charge < -0.3 is 19.6 Å². The van der Waals surface area contributed by atoms with Crippen molar-refractivity contribution in [2.45, 2.75) is 87.3 Å². The number of para-hydroxylation sites is 7. The van der Waals surface area contributed by atoms with Crippen LogP contribution >= 0.6 is 23.5 Å². The second-order valence-electron chi connectivity index (χ2n) is 25.9. The molecular formula is C82H68B2N4S2. The number of anilines is 12. The molecule has 4 aliphatic rings. The van der Waals surface area contributed by atoms with E-state index in [9.17, 15) is 0 Å². The van der Waals surface area contributed by atoms with Crippen molar-refractivity contribution in [1.29, 1.82) is 0 Å². The van der Waals surface area contributed by atoms with Gasteiger partial charge in [-0.1, -0.05) is 231 Å². The maximum atomic E-state index is 2.67. The lowest BCUT2D eigenvalue weighted by Crippen LogP contribution is -2.64. The van der Waals surface area contributed by atoms with E-state index in [2.05, 4.69) is 331 Å². The lowest BCUT2D eigenvalue weighted by Gasteiger charge is -2.44. The molecule has 0 bridgehead atoms. The molecule has 4 aliphatic heterocycles. The topological polar surface area (TPSA) is 13.0 Å². The Bertz CT molecular complexity index is 4820. The first kappa shape index (κ1) is 55.9. The first-order valence-electron chi connectivity index (χ1n) is 31.6. The summed E-state index contributed by atoms with van der Waals surface area (Å²) in [5.74, 6) is 0. The van der Waals surface area contributed by atoms with Gasteiger partial charge in [-0.2, -0.15) is 0 Å². The van der Waals surface area contributed by atoms with Gasteiger partial charge in [-0.05, 0) is 186 Å². The van der Waals surface area contributed by atoms with E-state index in [1.54, 1.807) is 0 Å². The van der Waals surface area contributed by atoms with Gasteiger partial charge >= 0.3 is 0 Å². The largest absolute Gasteiger partial charge is 0.311 e. The molecule has 0 fully saturated rings. The Morgan fingerprint density at radius 1 is 0.322 bits per heavy atom. The fraction of sp³-hybridized carbons (Fsp3) is 0.122. The van der Waals surface area contributed by atoms with Crippen LogP contribution in [0.5, 0.6) is 0 Å². The first-order valence-corrected chi connectivity index (χ1v) is 33.2. The summed E-state index contributed by atoms with van der Waals surface area (Å²) in [6.45, 7) is 20.4. The first-order chi connectivity index (χ1) is 43.8. The Hall–Kier alpha value is -9.33. The average Bonchev–Trinajstić information content (AvgIpc) is 0.697. The molecule has 4 heterocycles. The Labute approximate surface area is 540 Å². The lowest BCUT2D eigenvalue weighted by atomic mass is 9.31. The second-order valence-corrected chi connectivity index (χ2v) is 28.1. The van der Waals surface area contributed by atoms with Gasteiger partial charge in [0.25, 0.3) is 0 Å². The summed E-state index contributed by atoms with van der Waals surface area (Å²) in [5, 5.41) is 0. The highest BCUT2D eigenvalue weighted by atomic mass is 32.2. The van der Waals surface area contributed by atoms with Gasteiger partial charge in [-0.25, -0.2) is 0 Å². The number of hydrogen-bond donors (Lipinski definition) is 0. The smallest absolute Gasteiger partial charge is 0.249 e. The molecule has 0 unspecified atom stereocenters. The van der Waals surface area contributed by atoms with Crippen molar-refractivity contribution in [3.63, 3.8) is 0 Å². The summed E-state index contributed by atoms with van der Waals surface area (Å²) in [4.78, 5) is 15.4. The van der Waals surface area contributed by atoms with Crippen LogP contribution in [-0.2, 0) is 5.41 Å². The highest BCUT2D eigenvalue weighted by Crippen LogP contribution is 2.53. The van der Waals surface area contributed by atoms with Crippen LogP contribution in [0.2, 0.25) is 0 Å². The van der Waals surface area contributed by atoms with Gasteiger partial charge in [0, 0.05) is 70.6 Å². The molecule has 0 radical (unpaired) electrons. The molecule has 0 saturated carbocycles. The number of fused-ring (bicyclic) bond motifs is 8. The highest BCUT2D eigenvalue weighted by Gasteiger charge is 2.47. The molecule has 12 aromatic carbocycles. The summed E-state index contributed by atoms with van der Waals surface area (Å²) in [5.41, 5.74) is 33.2. The van der Waals surface area contributed by atoms with Crippen LogP contribution in [0.1, 0.15) is 59.7 Å². The molecular weight excluding hydrogens is 1130 g/mol. The van der Waals surface area contributed by atoms with E-state index in [1.807, 2.05) is 23.5 Å². The summed E-state index contributed by atoms with van der Waals surface area (Å²) >= 11 is 3.86. The van der Waals surface area contributed by atoms with E-state index in [-0.39, 0.29) is 18.8 Å². The summed E-state index contributed by atoms with van der Waals surface area (Å²) in [6.07, 6.45) is 0. The molecule has 0 aromatic heterocycles.